The molecule has 0 amide bonds. The minimum atomic E-state index is -1.69. The van der Waals surface area contributed by atoms with Crippen LogP contribution in [0.1, 0.15) is 26.3 Å². The molecule has 0 saturated heterocycles. The first-order valence-corrected chi connectivity index (χ1v) is 9.25. The number of nitrogens with two attached hydrogens (primary N) is 1. The standard InChI is InChI=1S/C20H13Cl2FN2O6/c21-8-4-5-13(31-7-10-11(22)2-1-3-12(10)23)9(6-8)14-15(19(27)28)17(24)25-18(26)16(14)20(29)30/h1-6H,7H2,(H,27,28)(H,29,30)(H3,24,25,26). The van der Waals surface area contributed by atoms with Crippen molar-refractivity contribution >= 4 is 41.0 Å². The van der Waals surface area contributed by atoms with E-state index in [-0.39, 0.29) is 33.5 Å². The van der Waals surface area contributed by atoms with Crippen molar-refractivity contribution in [3.63, 3.8) is 0 Å². The summed E-state index contributed by atoms with van der Waals surface area (Å²) >= 11 is 12.0. The van der Waals surface area contributed by atoms with E-state index in [1.54, 1.807) is 0 Å². The van der Waals surface area contributed by atoms with Crippen LogP contribution in [0.15, 0.2) is 41.2 Å². The van der Waals surface area contributed by atoms with Crippen LogP contribution < -0.4 is 16.0 Å². The zero-order chi connectivity index (χ0) is 22.9. The van der Waals surface area contributed by atoms with Gasteiger partial charge in [-0.1, -0.05) is 29.3 Å². The number of anilines is 1. The lowest BCUT2D eigenvalue weighted by Gasteiger charge is -2.17. The number of ether oxygens (including phenoxy) is 1. The van der Waals surface area contributed by atoms with Crippen molar-refractivity contribution < 1.29 is 28.9 Å². The SMILES string of the molecule is Nc1[nH]c(=O)c(C(=O)O)c(-c2cc(Cl)ccc2OCc2c(F)cccc2Cl)c1C(=O)O. The first-order chi connectivity index (χ1) is 14.6. The summed E-state index contributed by atoms with van der Waals surface area (Å²) in [6, 6.07) is 7.96. The highest BCUT2D eigenvalue weighted by Crippen LogP contribution is 2.38. The van der Waals surface area contributed by atoms with E-state index in [9.17, 15) is 29.0 Å². The summed E-state index contributed by atoms with van der Waals surface area (Å²) in [4.78, 5) is 37.9. The molecule has 0 aliphatic carbocycles. The van der Waals surface area contributed by atoms with Gasteiger partial charge in [0.15, 0.2) is 0 Å². The Morgan fingerprint density at radius 1 is 1.10 bits per heavy atom. The molecular formula is C20H13Cl2FN2O6. The number of H-pyrrole nitrogens is 1. The van der Waals surface area contributed by atoms with Gasteiger partial charge in [-0.05, 0) is 30.3 Å². The summed E-state index contributed by atoms with van der Waals surface area (Å²) in [7, 11) is 0. The van der Waals surface area contributed by atoms with Gasteiger partial charge >= 0.3 is 11.9 Å². The van der Waals surface area contributed by atoms with E-state index in [2.05, 4.69) is 0 Å². The first kappa shape index (κ1) is 22.1. The molecule has 0 radical (unpaired) electrons. The quantitative estimate of drug-likeness (QED) is 0.429. The molecule has 1 aromatic heterocycles. The van der Waals surface area contributed by atoms with Gasteiger partial charge in [0, 0.05) is 21.7 Å². The van der Waals surface area contributed by atoms with E-state index >= 15 is 0 Å². The number of hydrogen-bond acceptors (Lipinski definition) is 5. The van der Waals surface area contributed by atoms with E-state index in [0.717, 1.165) is 0 Å². The molecule has 0 aliphatic rings. The number of nitrogen functional groups attached to an aromatic ring is 1. The number of aromatic nitrogens is 1. The van der Waals surface area contributed by atoms with Crippen LogP contribution in [0.25, 0.3) is 11.1 Å². The summed E-state index contributed by atoms with van der Waals surface area (Å²) in [5.74, 6) is -4.55. The zero-order valence-corrected chi connectivity index (χ0v) is 16.9. The van der Waals surface area contributed by atoms with Crippen LogP contribution in [-0.2, 0) is 6.61 Å². The number of carboxylic acids is 2. The Hall–Kier alpha value is -3.56. The second kappa shape index (κ2) is 8.66. The molecule has 160 valence electrons. The van der Waals surface area contributed by atoms with Crippen LogP contribution in [0, 0.1) is 5.82 Å². The molecule has 0 bridgehead atoms. The second-order valence-corrected chi connectivity index (χ2v) is 7.08. The fraction of sp³-hybridized carbons (Fsp3) is 0.0500. The molecule has 2 aromatic carbocycles. The molecule has 31 heavy (non-hydrogen) atoms. The fourth-order valence-electron chi connectivity index (χ4n) is 2.96. The van der Waals surface area contributed by atoms with Gasteiger partial charge in [0.2, 0.25) is 0 Å². The molecule has 0 atom stereocenters. The minimum Gasteiger partial charge on any atom is -0.488 e. The van der Waals surface area contributed by atoms with E-state index in [1.807, 2.05) is 4.98 Å². The van der Waals surface area contributed by atoms with E-state index in [0.29, 0.717) is 0 Å². The Morgan fingerprint density at radius 3 is 2.39 bits per heavy atom. The number of pyridine rings is 1. The summed E-state index contributed by atoms with van der Waals surface area (Å²) < 4.78 is 19.7. The topological polar surface area (TPSA) is 143 Å². The average Bonchev–Trinajstić information content (AvgIpc) is 2.67. The monoisotopic (exact) mass is 466 g/mol. The van der Waals surface area contributed by atoms with Gasteiger partial charge in [-0.25, -0.2) is 14.0 Å². The molecule has 3 aromatic rings. The lowest BCUT2D eigenvalue weighted by atomic mass is 9.94. The normalized spacial score (nSPS) is 10.7. The number of benzene rings is 2. The number of carbonyl (C=O) groups is 2. The van der Waals surface area contributed by atoms with E-state index in [4.69, 9.17) is 33.7 Å². The Labute approximate surface area is 183 Å². The number of hydrogen-bond donors (Lipinski definition) is 4. The molecule has 0 unspecified atom stereocenters. The van der Waals surface area contributed by atoms with Crippen LogP contribution in [0.2, 0.25) is 10.0 Å². The van der Waals surface area contributed by atoms with Crippen molar-refractivity contribution in [3.8, 4) is 16.9 Å². The Kier molecular flexibility index (Phi) is 6.19. The van der Waals surface area contributed by atoms with Gasteiger partial charge in [0.05, 0.1) is 5.02 Å². The Bertz CT molecular complexity index is 1260. The predicted molar refractivity (Wildman–Crippen MR) is 112 cm³/mol. The molecule has 0 spiro atoms. The largest absolute Gasteiger partial charge is 0.488 e. The highest BCUT2D eigenvalue weighted by molar-refractivity contribution is 6.31. The maximum Gasteiger partial charge on any atom is 0.342 e. The molecule has 0 fully saturated rings. The molecular weight excluding hydrogens is 454 g/mol. The lowest BCUT2D eigenvalue weighted by molar-refractivity contribution is 0.0695. The molecule has 8 nitrogen and oxygen atoms in total. The number of carboxylic acid groups (broad SMARTS) is 2. The Balaban J connectivity index is 2.25. The second-order valence-electron chi connectivity index (χ2n) is 6.23. The van der Waals surface area contributed by atoms with Gasteiger partial charge in [0.1, 0.15) is 35.1 Å². The third kappa shape index (κ3) is 4.32. The number of aromatic amines is 1. The first-order valence-electron chi connectivity index (χ1n) is 8.49. The van der Waals surface area contributed by atoms with Crippen molar-refractivity contribution in [1.82, 2.24) is 4.98 Å². The van der Waals surface area contributed by atoms with Crippen LogP contribution >= 0.6 is 23.2 Å². The van der Waals surface area contributed by atoms with Crippen LogP contribution in [0.3, 0.4) is 0 Å². The summed E-state index contributed by atoms with van der Waals surface area (Å²) in [6.07, 6.45) is 0. The molecule has 3 rings (SSSR count). The summed E-state index contributed by atoms with van der Waals surface area (Å²) in [5, 5.41) is 19.3. The summed E-state index contributed by atoms with van der Waals surface area (Å²) in [5.41, 5.74) is 2.39. The number of aromatic carboxylic acids is 2. The van der Waals surface area contributed by atoms with Crippen molar-refractivity contribution in [3.05, 3.63) is 79.3 Å². The van der Waals surface area contributed by atoms with Gasteiger partial charge in [-0.3, -0.25) is 4.79 Å². The van der Waals surface area contributed by atoms with Gasteiger partial charge in [0.25, 0.3) is 5.56 Å². The van der Waals surface area contributed by atoms with E-state index in [1.165, 1.54) is 36.4 Å². The fourth-order valence-corrected chi connectivity index (χ4v) is 3.35. The smallest absolute Gasteiger partial charge is 0.342 e. The van der Waals surface area contributed by atoms with Crippen LogP contribution in [0.5, 0.6) is 5.75 Å². The van der Waals surface area contributed by atoms with Gasteiger partial charge in [-0.2, -0.15) is 0 Å². The van der Waals surface area contributed by atoms with Crippen molar-refractivity contribution in [2.45, 2.75) is 6.61 Å². The maximum atomic E-state index is 14.1. The number of nitrogens with one attached hydrogen (secondary N) is 1. The highest BCUT2D eigenvalue weighted by atomic mass is 35.5. The Morgan fingerprint density at radius 2 is 1.77 bits per heavy atom. The highest BCUT2D eigenvalue weighted by Gasteiger charge is 2.28. The van der Waals surface area contributed by atoms with Gasteiger partial charge in [-0.15, -0.1) is 0 Å². The zero-order valence-electron chi connectivity index (χ0n) is 15.4. The minimum absolute atomic E-state index is 0.0207. The van der Waals surface area contributed by atoms with Crippen molar-refractivity contribution in [2.24, 2.45) is 0 Å². The van der Waals surface area contributed by atoms with Crippen molar-refractivity contribution in [2.75, 3.05) is 5.73 Å². The van der Waals surface area contributed by atoms with Gasteiger partial charge < -0.3 is 25.7 Å². The molecule has 5 N–H and O–H groups in total. The van der Waals surface area contributed by atoms with E-state index < -0.39 is 45.8 Å². The molecule has 1 heterocycles. The number of rotatable bonds is 6. The summed E-state index contributed by atoms with van der Waals surface area (Å²) in [6.45, 7) is -0.371. The van der Waals surface area contributed by atoms with Crippen LogP contribution in [-0.4, -0.2) is 27.1 Å². The van der Waals surface area contributed by atoms with Crippen molar-refractivity contribution in [1.29, 1.82) is 0 Å². The molecule has 11 heteroatoms. The lowest BCUT2D eigenvalue weighted by Crippen LogP contribution is -2.24. The van der Waals surface area contributed by atoms with Crippen LogP contribution in [0.4, 0.5) is 10.2 Å². The average molecular weight is 467 g/mol. The number of halogens is 3. The predicted octanol–water partition coefficient (Wildman–Crippen LogP) is 4.05. The third-order valence-electron chi connectivity index (χ3n) is 4.32. The molecule has 0 aliphatic heterocycles. The maximum absolute atomic E-state index is 14.1. The molecule has 0 saturated carbocycles. The third-order valence-corrected chi connectivity index (χ3v) is 4.91.